The van der Waals surface area contributed by atoms with Gasteiger partial charge in [-0.3, -0.25) is 14.2 Å². The van der Waals surface area contributed by atoms with Crippen LogP contribution in [0.4, 0.5) is 0 Å². The number of aryl methyl sites for hydroxylation is 1. The molecule has 1 aliphatic rings. The second-order valence-corrected chi connectivity index (χ2v) is 10.6. The third-order valence-electron chi connectivity index (χ3n) is 7.82. The highest BCUT2D eigenvalue weighted by Crippen LogP contribution is 2.37. The van der Waals surface area contributed by atoms with Gasteiger partial charge in [0.15, 0.2) is 5.69 Å². The molecule has 41 heavy (non-hydrogen) atoms. The Balaban J connectivity index is 1.34. The minimum absolute atomic E-state index is 0.0704. The number of hydrogen-bond acceptors (Lipinski definition) is 5. The first-order chi connectivity index (χ1) is 19.8. The monoisotopic (exact) mass is 552 g/mol. The maximum Gasteiger partial charge on any atom is 0.345 e. The fraction of sp³-hybridized carbons (Fsp3) is 0.281. The number of hydrogen-bond donors (Lipinski definition) is 3. The molecule has 210 valence electrons. The van der Waals surface area contributed by atoms with E-state index in [0.717, 1.165) is 46.9 Å². The Bertz CT molecular complexity index is 1670. The lowest BCUT2D eigenvalue weighted by Crippen LogP contribution is -2.37. The van der Waals surface area contributed by atoms with Crippen molar-refractivity contribution >= 4 is 11.9 Å². The van der Waals surface area contributed by atoms with Gasteiger partial charge in [-0.15, -0.1) is 0 Å². The van der Waals surface area contributed by atoms with Crippen LogP contribution in [0.5, 0.6) is 0 Å². The van der Waals surface area contributed by atoms with E-state index in [2.05, 4.69) is 15.5 Å². The van der Waals surface area contributed by atoms with E-state index in [9.17, 15) is 24.3 Å². The van der Waals surface area contributed by atoms with Gasteiger partial charge in [0.05, 0.1) is 18.0 Å². The Morgan fingerprint density at radius 3 is 2.34 bits per heavy atom. The molecule has 1 aromatic heterocycles. The largest absolute Gasteiger partial charge is 0.478 e. The quantitative estimate of drug-likeness (QED) is 0.284. The van der Waals surface area contributed by atoms with Crippen LogP contribution in [0, 0.1) is 12.8 Å². The molecule has 0 aliphatic heterocycles. The fourth-order valence-electron chi connectivity index (χ4n) is 5.68. The molecular weight excluding hydrogens is 520 g/mol. The summed E-state index contributed by atoms with van der Waals surface area (Å²) in [6.07, 6.45) is 4.10. The zero-order valence-electron chi connectivity index (χ0n) is 22.8. The van der Waals surface area contributed by atoms with Crippen molar-refractivity contribution in [3.8, 4) is 11.3 Å². The molecule has 5 rings (SSSR count). The molecule has 1 fully saturated rings. The minimum Gasteiger partial charge on any atom is -0.478 e. The summed E-state index contributed by atoms with van der Waals surface area (Å²) in [7, 11) is 0. The number of carboxylic acids is 1. The number of carboxylic acid groups (broad SMARTS) is 1. The molecule has 1 saturated carbocycles. The standard InChI is InChI=1S/C32H32N4O5/c1-20-17-22(13-16-26(20)31(39)40)18-33-29(37)27(23-7-5-6-8-23)24-14-11-21(12-15-24)19-36-30(38)28(34-35-32(36)41)25-9-3-2-4-10-25/h2-4,9-17,23,27H,5-8,18-19H2,1H3,(H,33,37)(H,35,41)(H,39,40). The summed E-state index contributed by atoms with van der Waals surface area (Å²) in [4.78, 5) is 50.4. The van der Waals surface area contributed by atoms with Gasteiger partial charge in [0.1, 0.15) is 0 Å². The maximum atomic E-state index is 13.5. The van der Waals surface area contributed by atoms with Crippen LogP contribution in [-0.4, -0.2) is 31.7 Å². The maximum absolute atomic E-state index is 13.5. The van der Waals surface area contributed by atoms with E-state index in [0.29, 0.717) is 17.7 Å². The van der Waals surface area contributed by atoms with E-state index in [1.165, 1.54) is 0 Å². The minimum atomic E-state index is -0.974. The first-order valence-corrected chi connectivity index (χ1v) is 13.8. The van der Waals surface area contributed by atoms with Gasteiger partial charge in [-0.05, 0) is 54.0 Å². The first-order valence-electron chi connectivity index (χ1n) is 13.8. The van der Waals surface area contributed by atoms with Gasteiger partial charge in [-0.2, -0.15) is 5.10 Å². The van der Waals surface area contributed by atoms with Crippen molar-refractivity contribution in [1.29, 1.82) is 0 Å². The molecule has 1 atom stereocenters. The summed E-state index contributed by atoms with van der Waals surface area (Å²) in [5, 5.41) is 18.7. The van der Waals surface area contributed by atoms with Crippen molar-refractivity contribution in [2.24, 2.45) is 5.92 Å². The number of H-pyrrole nitrogens is 1. The van der Waals surface area contributed by atoms with Crippen molar-refractivity contribution in [2.75, 3.05) is 0 Å². The van der Waals surface area contributed by atoms with Crippen LogP contribution in [0.3, 0.4) is 0 Å². The topological polar surface area (TPSA) is 134 Å². The highest BCUT2D eigenvalue weighted by molar-refractivity contribution is 5.89. The summed E-state index contributed by atoms with van der Waals surface area (Å²) in [5.41, 5.74) is 3.11. The average Bonchev–Trinajstić information content (AvgIpc) is 3.50. The Morgan fingerprint density at radius 1 is 1.00 bits per heavy atom. The van der Waals surface area contributed by atoms with Crippen LogP contribution in [0.1, 0.15) is 64.2 Å². The average molecular weight is 553 g/mol. The third-order valence-corrected chi connectivity index (χ3v) is 7.82. The number of amides is 1. The summed E-state index contributed by atoms with van der Waals surface area (Å²) >= 11 is 0. The smallest absolute Gasteiger partial charge is 0.345 e. The number of rotatable bonds is 9. The van der Waals surface area contributed by atoms with Crippen LogP contribution in [0.15, 0.2) is 82.4 Å². The first kappa shape index (κ1) is 27.8. The molecule has 1 aliphatic carbocycles. The van der Waals surface area contributed by atoms with Gasteiger partial charge in [0.2, 0.25) is 5.91 Å². The van der Waals surface area contributed by atoms with Gasteiger partial charge >= 0.3 is 11.7 Å². The molecule has 1 unspecified atom stereocenters. The number of aromatic nitrogens is 3. The van der Waals surface area contributed by atoms with E-state index in [1.807, 2.05) is 30.3 Å². The molecule has 9 heteroatoms. The molecule has 3 N–H and O–H groups in total. The van der Waals surface area contributed by atoms with Crippen molar-refractivity contribution in [1.82, 2.24) is 20.1 Å². The number of nitrogens with one attached hydrogen (secondary N) is 2. The number of aromatic carboxylic acids is 1. The Hall–Kier alpha value is -4.79. The lowest BCUT2D eigenvalue weighted by molar-refractivity contribution is -0.123. The molecule has 0 radical (unpaired) electrons. The van der Waals surface area contributed by atoms with Gasteiger partial charge in [0.25, 0.3) is 5.56 Å². The summed E-state index contributed by atoms with van der Waals surface area (Å²) in [6, 6.07) is 21.6. The van der Waals surface area contributed by atoms with E-state index < -0.39 is 17.2 Å². The second-order valence-electron chi connectivity index (χ2n) is 10.6. The molecule has 0 bridgehead atoms. The van der Waals surface area contributed by atoms with Crippen LogP contribution in [0.2, 0.25) is 0 Å². The Kier molecular flexibility index (Phi) is 8.24. The van der Waals surface area contributed by atoms with Crippen molar-refractivity contribution < 1.29 is 14.7 Å². The molecular formula is C32H32N4O5. The summed E-state index contributed by atoms with van der Waals surface area (Å²) in [6.45, 7) is 2.12. The fourth-order valence-corrected chi connectivity index (χ4v) is 5.68. The number of benzene rings is 3. The third kappa shape index (κ3) is 6.19. The van der Waals surface area contributed by atoms with Crippen LogP contribution in [0.25, 0.3) is 11.3 Å². The number of aromatic amines is 1. The highest BCUT2D eigenvalue weighted by Gasteiger charge is 2.32. The van der Waals surface area contributed by atoms with Gasteiger partial charge in [0, 0.05) is 12.1 Å². The summed E-state index contributed by atoms with van der Waals surface area (Å²) in [5.74, 6) is -1.16. The molecule has 3 aromatic carbocycles. The van der Waals surface area contributed by atoms with Crippen molar-refractivity contribution in [3.63, 3.8) is 0 Å². The highest BCUT2D eigenvalue weighted by atomic mass is 16.4. The van der Waals surface area contributed by atoms with Crippen molar-refractivity contribution in [3.05, 3.63) is 121 Å². The molecule has 0 saturated heterocycles. The van der Waals surface area contributed by atoms with Gasteiger partial charge in [-0.25, -0.2) is 14.7 Å². The lowest BCUT2D eigenvalue weighted by atomic mass is 9.83. The molecule has 9 nitrogen and oxygen atoms in total. The van der Waals surface area contributed by atoms with E-state index in [-0.39, 0.29) is 35.5 Å². The number of carbonyl (C=O) groups is 2. The van der Waals surface area contributed by atoms with E-state index in [1.54, 1.807) is 49.4 Å². The molecule has 4 aromatic rings. The zero-order chi connectivity index (χ0) is 28.9. The predicted molar refractivity (Wildman–Crippen MR) is 155 cm³/mol. The van der Waals surface area contributed by atoms with Gasteiger partial charge in [-0.1, -0.05) is 79.6 Å². The lowest BCUT2D eigenvalue weighted by Gasteiger charge is -2.23. The second kappa shape index (κ2) is 12.2. The van der Waals surface area contributed by atoms with Crippen molar-refractivity contribution in [2.45, 2.75) is 51.6 Å². The normalized spacial score (nSPS) is 14.1. The Labute approximate surface area is 236 Å². The SMILES string of the molecule is Cc1cc(CNC(=O)C(c2ccc(Cn3c(=O)[nH]nc(-c4ccccc4)c3=O)cc2)C2CCCC2)ccc1C(=O)O. The number of nitrogens with zero attached hydrogens (tertiary/aromatic N) is 2. The molecule has 1 heterocycles. The predicted octanol–water partition coefficient (Wildman–Crippen LogP) is 4.24. The molecule has 0 spiro atoms. The zero-order valence-corrected chi connectivity index (χ0v) is 22.8. The van der Waals surface area contributed by atoms with E-state index in [4.69, 9.17) is 0 Å². The van der Waals surface area contributed by atoms with Gasteiger partial charge < -0.3 is 10.4 Å². The van der Waals surface area contributed by atoms with E-state index >= 15 is 0 Å². The van der Waals surface area contributed by atoms with Crippen LogP contribution < -0.4 is 16.6 Å². The van der Waals surface area contributed by atoms with Crippen LogP contribution >= 0.6 is 0 Å². The summed E-state index contributed by atoms with van der Waals surface area (Å²) < 4.78 is 1.13. The number of carbonyl (C=O) groups excluding carboxylic acids is 1. The Morgan fingerprint density at radius 2 is 1.68 bits per heavy atom. The molecule has 1 amide bonds. The van der Waals surface area contributed by atoms with Crippen LogP contribution in [-0.2, 0) is 17.9 Å².